The van der Waals surface area contributed by atoms with Gasteiger partial charge >= 0.3 is 0 Å². The Morgan fingerprint density at radius 3 is 1.67 bits per heavy atom. The summed E-state index contributed by atoms with van der Waals surface area (Å²) in [7, 11) is 0. The van der Waals surface area contributed by atoms with Crippen LogP contribution < -0.4 is 0 Å². The fraction of sp³-hybridized carbons (Fsp3) is 0.600. The van der Waals surface area contributed by atoms with Gasteiger partial charge < -0.3 is 0 Å². The van der Waals surface area contributed by atoms with Crippen molar-refractivity contribution in [3.63, 3.8) is 0 Å². The van der Waals surface area contributed by atoms with Gasteiger partial charge in [0.05, 0.1) is 0 Å². The fourth-order valence-corrected chi connectivity index (χ4v) is 0.933. The zero-order chi connectivity index (χ0) is 11.7. The smallest absolute Gasteiger partial charge is 0.0281 e. The van der Waals surface area contributed by atoms with Gasteiger partial charge in [0, 0.05) is 0 Å². The van der Waals surface area contributed by atoms with Gasteiger partial charge in [0.15, 0.2) is 0 Å². The Labute approximate surface area is 95.7 Å². The predicted molar refractivity (Wildman–Crippen MR) is 70.1 cm³/mol. The van der Waals surface area contributed by atoms with Gasteiger partial charge in [-0.15, -0.1) is 0 Å². The Kier molecular flexibility index (Phi) is 8.08. The molecule has 0 saturated carbocycles. The van der Waals surface area contributed by atoms with Crippen molar-refractivity contribution in [1.29, 1.82) is 0 Å². The van der Waals surface area contributed by atoms with Crippen molar-refractivity contribution in [2.75, 3.05) is 0 Å². The largest absolute Gasteiger partial charge is 0.0651 e. The number of hydrogen-bond donors (Lipinski definition) is 0. The number of rotatable bonds is 3. The second-order valence-corrected chi connectivity index (χ2v) is 4.72. The highest BCUT2D eigenvalue weighted by Gasteiger charge is 1.95. The topological polar surface area (TPSA) is 0 Å². The summed E-state index contributed by atoms with van der Waals surface area (Å²) in [5.41, 5.74) is 1.44. The van der Waals surface area contributed by atoms with Gasteiger partial charge in [0.25, 0.3) is 0 Å². The molecule has 0 amide bonds. The summed E-state index contributed by atoms with van der Waals surface area (Å²) in [6, 6.07) is 10.6. The zero-order valence-electron chi connectivity index (χ0n) is 11.0. The normalized spacial score (nSPS) is 10.1. The van der Waals surface area contributed by atoms with E-state index in [0.29, 0.717) is 0 Å². The van der Waals surface area contributed by atoms with Gasteiger partial charge in [0.2, 0.25) is 0 Å². The lowest BCUT2D eigenvalue weighted by Crippen LogP contribution is -1.95. The van der Waals surface area contributed by atoms with E-state index in [1.165, 1.54) is 18.4 Å². The third-order valence-electron chi connectivity index (χ3n) is 2.71. The van der Waals surface area contributed by atoms with Gasteiger partial charge in [-0.2, -0.15) is 0 Å². The van der Waals surface area contributed by atoms with Crippen LogP contribution >= 0.6 is 0 Å². The van der Waals surface area contributed by atoms with Crippen LogP contribution in [0.4, 0.5) is 0 Å². The molecule has 0 fully saturated rings. The maximum atomic E-state index is 2.24. The van der Waals surface area contributed by atoms with Crippen molar-refractivity contribution < 1.29 is 0 Å². The molecule has 0 unspecified atom stereocenters. The van der Waals surface area contributed by atoms with Crippen LogP contribution in [-0.4, -0.2) is 0 Å². The zero-order valence-corrected chi connectivity index (χ0v) is 11.0. The van der Waals surface area contributed by atoms with Crippen LogP contribution in [0.3, 0.4) is 0 Å². The summed E-state index contributed by atoms with van der Waals surface area (Å²) in [5.74, 6) is 1.70. The Morgan fingerprint density at radius 1 is 0.867 bits per heavy atom. The predicted octanol–water partition coefficient (Wildman–Crippen LogP) is 4.94. The van der Waals surface area contributed by atoms with E-state index in [1.54, 1.807) is 0 Å². The Balaban J connectivity index is 0.000000288. The Morgan fingerprint density at radius 2 is 1.33 bits per heavy atom. The van der Waals surface area contributed by atoms with E-state index < -0.39 is 0 Å². The summed E-state index contributed by atoms with van der Waals surface area (Å²) >= 11 is 0. The molecule has 0 N–H and O–H groups in total. The van der Waals surface area contributed by atoms with Crippen LogP contribution in [-0.2, 0) is 6.42 Å². The minimum atomic E-state index is 0.852. The summed E-state index contributed by atoms with van der Waals surface area (Å²) in [6.45, 7) is 11.2. The first-order chi connectivity index (χ1) is 7.07. The molecule has 1 aromatic carbocycles. The third kappa shape index (κ3) is 8.23. The van der Waals surface area contributed by atoms with E-state index in [1.807, 2.05) is 0 Å². The maximum Gasteiger partial charge on any atom is -0.0281 e. The summed E-state index contributed by atoms with van der Waals surface area (Å²) in [6.07, 6.45) is 2.45. The molecular weight excluding hydrogens is 180 g/mol. The molecule has 0 bridgehead atoms. The molecule has 0 spiro atoms. The lowest BCUT2D eigenvalue weighted by atomic mass is 10.0. The summed E-state index contributed by atoms with van der Waals surface area (Å²) in [5, 5.41) is 0. The lowest BCUT2D eigenvalue weighted by Gasteiger charge is -2.05. The highest BCUT2D eigenvalue weighted by Crippen LogP contribution is 2.05. The molecule has 15 heavy (non-hydrogen) atoms. The summed E-state index contributed by atoms with van der Waals surface area (Å²) in [4.78, 5) is 0. The third-order valence-corrected chi connectivity index (χ3v) is 2.71. The van der Waals surface area contributed by atoms with Gasteiger partial charge in [-0.1, -0.05) is 71.4 Å². The average Bonchev–Trinajstić information content (AvgIpc) is 2.20. The molecule has 0 aliphatic rings. The molecule has 0 aromatic heterocycles. The Bertz CT molecular complexity index is 215. The first-order valence-corrected chi connectivity index (χ1v) is 6.11. The molecule has 0 atom stereocenters. The van der Waals surface area contributed by atoms with Crippen LogP contribution in [0, 0.1) is 11.8 Å². The first-order valence-electron chi connectivity index (χ1n) is 6.11. The van der Waals surface area contributed by atoms with E-state index >= 15 is 0 Å². The van der Waals surface area contributed by atoms with Crippen molar-refractivity contribution in [2.45, 2.75) is 47.5 Å². The molecule has 0 nitrogen and oxygen atoms in total. The number of aryl methyl sites for hydroxylation is 1. The standard InChI is InChI=1S/C9H12.C6H14/c1-2-6-9-7-4-3-5-8-9;1-5(2)6(3)4/h3-5,7-8H,2,6H2,1H3;5-6H,1-4H3. The second-order valence-electron chi connectivity index (χ2n) is 4.72. The van der Waals surface area contributed by atoms with E-state index in [0.717, 1.165) is 11.8 Å². The molecule has 0 heterocycles. The quantitative estimate of drug-likeness (QED) is 0.657. The van der Waals surface area contributed by atoms with E-state index in [9.17, 15) is 0 Å². The van der Waals surface area contributed by atoms with Gasteiger partial charge in [-0.3, -0.25) is 0 Å². The van der Waals surface area contributed by atoms with Crippen LogP contribution in [0.5, 0.6) is 0 Å². The second kappa shape index (κ2) is 8.52. The van der Waals surface area contributed by atoms with Crippen LogP contribution in [0.25, 0.3) is 0 Å². The van der Waals surface area contributed by atoms with Crippen molar-refractivity contribution in [3.05, 3.63) is 35.9 Å². The maximum absolute atomic E-state index is 2.24. The number of benzene rings is 1. The molecule has 0 heteroatoms. The molecular formula is C15H26. The van der Waals surface area contributed by atoms with Crippen LogP contribution in [0.15, 0.2) is 30.3 Å². The summed E-state index contributed by atoms with van der Waals surface area (Å²) < 4.78 is 0. The molecule has 1 rings (SSSR count). The van der Waals surface area contributed by atoms with Gasteiger partial charge in [-0.05, 0) is 23.8 Å². The van der Waals surface area contributed by atoms with Crippen molar-refractivity contribution >= 4 is 0 Å². The minimum absolute atomic E-state index is 0.852. The molecule has 0 radical (unpaired) electrons. The molecule has 86 valence electrons. The minimum Gasteiger partial charge on any atom is -0.0651 e. The van der Waals surface area contributed by atoms with E-state index in [4.69, 9.17) is 0 Å². The monoisotopic (exact) mass is 206 g/mol. The van der Waals surface area contributed by atoms with Crippen molar-refractivity contribution in [2.24, 2.45) is 11.8 Å². The van der Waals surface area contributed by atoms with Crippen LogP contribution in [0.1, 0.15) is 46.6 Å². The molecule has 0 aliphatic heterocycles. The SMILES string of the molecule is CC(C)C(C)C.CCCc1ccccc1. The highest BCUT2D eigenvalue weighted by molar-refractivity contribution is 5.14. The first kappa shape index (κ1) is 14.2. The molecule has 0 saturated heterocycles. The number of hydrogen-bond acceptors (Lipinski definition) is 0. The fourth-order valence-electron chi connectivity index (χ4n) is 0.933. The lowest BCUT2D eigenvalue weighted by molar-refractivity contribution is 0.457. The van der Waals surface area contributed by atoms with E-state index in [2.05, 4.69) is 65.0 Å². The molecule has 0 aliphatic carbocycles. The van der Waals surface area contributed by atoms with Gasteiger partial charge in [-0.25, -0.2) is 0 Å². The Hall–Kier alpha value is -0.780. The van der Waals surface area contributed by atoms with E-state index in [-0.39, 0.29) is 0 Å². The van der Waals surface area contributed by atoms with Crippen molar-refractivity contribution in [3.8, 4) is 0 Å². The van der Waals surface area contributed by atoms with Crippen LogP contribution in [0.2, 0.25) is 0 Å². The average molecular weight is 206 g/mol. The highest BCUT2D eigenvalue weighted by atomic mass is 14.0. The van der Waals surface area contributed by atoms with Crippen molar-refractivity contribution in [1.82, 2.24) is 0 Å². The molecule has 1 aromatic rings. The van der Waals surface area contributed by atoms with Gasteiger partial charge in [0.1, 0.15) is 0 Å².